The highest BCUT2D eigenvalue weighted by molar-refractivity contribution is 7.98. The van der Waals surface area contributed by atoms with E-state index in [1.165, 1.54) is 42.0 Å². The standard InChI is InChI=1S/C21H23FN4O2S2/c1-2-28-19(27)18-14(17-15(22)6-5-7-16(17)30-18)12-29-21-24-23-20(25-10-3-4-11-25)26(21)13-8-9-13/h5-7,13H,2-4,8-12H2,1H3. The van der Waals surface area contributed by atoms with Crippen molar-refractivity contribution in [3.8, 4) is 0 Å². The first-order chi connectivity index (χ1) is 14.7. The van der Waals surface area contributed by atoms with Gasteiger partial charge in [0.25, 0.3) is 0 Å². The van der Waals surface area contributed by atoms with E-state index in [1.807, 2.05) is 6.07 Å². The summed E-state index contributed by atoms with van der Waals surface area (Å²) < 4.78 is 22.9. The van der Waals surface area contributed by atoms with E-state index in [0.717, 1.165) is 41.7 Å². The fourth-order valence-corrected chi connectivity index (χ4v) is 6.21. The zero-order valence-electron chi connectivity index (χ0n) is 16.8. The SMILES string of the molecule is CCOC(=O)c1sc2cccc(F)c2c1CSc1nnc(N2CCCC2)n1C1CC1. The number of thioether (sulfide) groups is 1. The molecule has 0 amide bonds. The van der Waals surface area contributed by atoms with E-state index in [0.29, 0.717) is 27.6 Å². The molecule has 2 aromatic heterocycles. The molecule has 0 bridgehead atoms. The fraction of sp³-hybridized carbons (Fsp3) is 0.476. The van der Waals surface area contributed by atoms with Gasteiger partial charge in [0.1, 0.15) is 10.7 Å². The predicted molar refractivity (Wildman–Crippen MR) is 117 cm³/mol. The average Bonchev–Trinajstić information content (AvgIpc) is 3.15. The number of carbonyl (C=O) groups is 1. The van der Waals surface area contributed by atoms with Crippen molar-refractivity contribution in [2.75, 3.05) is 24.6 Å². The molecular formula is C21H23FN4O2S2. The maximum atomic E-state index is 14.7. The number of hydrogen-bond acceptors (Lipinski definition) is 7. The van der Waals surface area contributed by atoms with Gasteiger partial charge in [-0.25, -0.2) is 9.18 Å². The lowest BCUT2D eigenvalue weighted by molar-refractivity contribution is 0.0531. The van der Waals surface area contributed by atoms with Gasteiger partial charge in [-0.1, -0.05) is 17.8 Å². The Kier molecular flexibility index (Phi) is 5.41. The number of rotatable bonds is 7. The third kappa shape index (κ3) is 3.58. The zero-order chi connectivity index (χ0) is 20.7. The quantitative estimate of drug-likeness (QED) is 0.374. The van der Waals surface area contributed by atoms with Gasteiger partial charge >= 0.3 is 5.97 Å². The topological polar surface area (TPSA) is 60.2 Å². The van der Waals surface area contributed by atoms with Crippen LogP contribution in [0.4, 0.5) is 10.3 Å². The van der Waals surface area contributed by atoms with Gasteiger partial charge in [-0.05, 0) is 50.3 Å². The van der Waals surface area contributed by atoms with Crippen molar-refractivity contribution < 1.29 is 13.9 Å². The monoisotopic (exact) mass is 446 g/mol. The van der Waals surface area contributed by atoms with Gasteiger partial charge in [-0.2, -0.15) is 0 Å². The highest BCUT2D eigenvalue weighted by Gasteiger charge is 2.33. The summed E-state index contributed by atoms with van der Waals surface area (Å²) in [6.45, 7) is 4.10. The second-order valence-electron chi connectivity index (χ2n) is 7.61. The summed E-state index contributed by atoms with van der Waals surface area (Å²) in [6, 6.07) is 5.40. The summed E-state index contributed by atoms with van der Waals surface area (Å²) in [4.78, 5) is 15.3. The Labute approximate surface area is 182 Å². The predicted octanol–water partition coefficient (Wildman–Crippen LogP) is 5.04. The zero-order valence-corrected chi connectivity index (χ0v) is 18.4. The maximum Gasteiger partial charge on any atom is 0.348 e. The number of thiophene rings is 1. The van der Waals surface area contributed by atoms with Crippen LogP contribution >= 0.6 is 23.1 Å². The van der Waals surface area contributed by atoms with Crippen LogP contribution in [0.15, 0.2) is 23.4 Å². The minimum absolute atomic E-state index is 0.289. The Morgan fingerprint density at radius 3 is 2.83 bits per heavy atom. The van der Waals surface area contributed by atoms with Gasteiger partial charge in [0.05, 0.1) is 6.61 Å². The number of aromatic nitrogens is 3. The summed E-state index contributed by atoms with van der Waals surface area (Å²) in [5, 5.41) is 10.3. The molecule has 0 unspecified atom stereocenters. The number of halogens is 1. The molecule has 3 heterocycles. The van der Waals surface area contributed by atoms with Gasteiger partial charge in [0, 0.05) is 35.0 Å². The second kappa shape index (κ2) is 8.19. The molecule has 0 N–H and O–H groups in total. The van der Waals surface area contributed by atoms with Crippen LogP contribution in [0.25, 0.3) is 10.1 Å². The fourth-order valence-electron chi connectivity index (χ4n) is 3.96. The van der Waals surface area contributed by atoms with Gasteiger partial charge in [-0.3, -0.25) is 4.57 Å². The number of benzene rings is 1. The van der Waals surface area contributed by atoms with Crippen LogP contribution in [-0.4, -0.2) is 40.4 Å². The number of anilines is 1. The molecule has 30 heavy (non-hydrogen) atoms. The molecule has 0 atom stereocenters. The highest BCUT2D eigenvalue weighted by atomic mass is 32.2. The van der Waals surface area contributed by atoms with E-state index >= 15 is 0 Å². The van der Waals surface area contributed by atoms with E-state index in [2.05, 4.69) is 19.7 Å². The summed E-state index contributed by atoms with van der Waals surface area (Å²) >= 11 is 2.81. The molecular weight excluding hydrogens is 423 g/mol. The van der Waals surface area contributed by atoms with Crippen molar-refractivity contribution >= 4 is 45.1 Å². The first kappa shape index (κ1) is 19.8. The second-order valence-corrected chi connectivity index (χ2v) is 9.60. The van der Waals surface area contributed by atoms with Crippen molar-refractivity contribution in [2.24, 2.45) is 0 Å². The Morgan fingerprint density at radius 2 is 2.10 bits per heavy atom. The number of nitrogens with zero attached hydrogens (tertiary/aromatic N) is 4. The van der Waals surface area contributed by atoms with Crippen molar-refractivity contribution in [3.05, 3.63) is 34.5 Å². The van der Waals surface area contributed by atoms with Crippen LogP contribution in [0.5, 0.6) is 0 Å². The van der Waals surface area contributed by atoms with Crippen molar-refractivity contribution in [1.29, 1.82) is 0 Å². The lowest BCUT2D eigenvalue weighted by Crippen LogP contribution is -2.22. The normalized spacial score (nSPS) is 16.5. The lowest BCUT2D eigenvalue weighted by atomic mass is 10.1. The van der Waals surface area contributed by atoms with Gasteiger partial charge in [-0.15, -0.1) is 21.5 Å². The number of fused-ring (bicyclic) bond motifs is 1. The molecule has 0 radical (unpaired) electrons. The Hall–Kier alpha value is -2.13. The molecule has 6 nitrogen and oxygen atoms in total. The van der Waals surface area contributed by atoms with Crippen molar-refractivity contribution in [3.63, 3.8) is 0 Å². The Morgan fingerprint density at radius 1 is 1.30 bits per heavy atom. The van der Waals surface area contributed by atoms with Crippen LogP contribution in [0.2, 0.25) is 0 Å². The summed E-state index contributed by atoms with van der Waals surface area (Å²) in [6.07, 6.45) is 4.64. The molecule has 158 valence electrons. The van der Waals surface area contributed by atoms with E-state index in [-0.39, 0.29) is 12.4 Å². The molecule has 2 aliphatic rings. The van der Waals surface area contributed by atoms with Crippen molar-refractivity contribution in [1.82, 2.24) is 14.8 Å². The molecule has 1 aliphatic carbocycles. The number of ether oxygens (including phenoxy) is 1. The van der Waals surface area contributed by atoms with Crippen LogP contribution in [0.3, 0.4) is 0 Å². The first-order valence-electron chi connectivity index (χ1n) is 10.4. The van der Waals surface area contributed by atoms with E-state index in [9.17, 15) is 9.18 Å². The van der Waals surface area contributed by atoms with Crippen molar-refractivity contribution in [2.45, 2.75) is 49.6 Å². The highest BCUT2D eigenvalue weighted by Crippen LogP contribution is 2.43. The number of hydrogen-bond donors (Lipinski definition) is 0. The average molecular weight is 447 g/mol. The summed E-state index contributed by atoms with van der Waals surface area (Å²) in [5.41, 5.74) is 0.685. The largest absolute Gasteiger partial charge is 0.462 e. The van der Waals surface area contributed by atoms with E-state index in [4.69, 9.17) is 4.74 Å². The molecule has 1 aromatic carbocycles. The third-order valence-electron chi connectivity index (χ3n) is 5.52. The molecule has 0 spiro atoms. The molecule has 5 rings (SSSR count). The Balaban J connectivity index is 1.48. The smallest absolute Gasteiger partial charge is 0.348 e. The van der Waals surface area contributed by atoms with Gasteiger partial charge in [0.2, 0.25) is 5.95 Å². The molecule has 9 heteroatoms. The van der Waals surface area contributed by atoms with Crippen LogP contribution in [0.1, 0.15) is 53.9 Å². The third-order valence-corrected chi connectivity index (χ3v) is 7.66. The molecule has 3 aromatic rings. The summed E-state index contributed by atoms with van der Waals surface area (Å²) in [5.74, 6) is 0.691. The maximum absolute atomic E-state index is 14.7. The minimum Gasteiger partial charge on any atom is -0.462 e. The molecule has 1 saturated carbocycles. The van der Waals surface area contributed by atoms with Gasteiger partial charge < -0.3 is 9.64 Å². The lowest BCUT2D eigenvalue weighted by Gasteiger charge is -2.18. The first-order valence-corrected chi connectivity index (χ1v) is 12.2. The van der Waals surface area contributed by atoms with E-state index in [1.54, 1.807) is 13.0 Å². The van der Waals surface area contributed by atoms with Crippen LogP contribution in [-0.2, 0) is 10.5 Å². The van der Waals surface area contributed by atoms with Crippen LogP contribution in [0, 0.1) is 5.82 Å². The Bertz CT molecular complexity index is 1090. The molecule has 2 fully saturated rings. The number of esters is 1. The number of carbonyl (C=O) groups excluding carboxylic acids is 1. The van der Waals surface area contributed by atoms with Crippen LogP contribution < -0.4 is 4.90 Å². The van der Waals surface area contributed by atoms with E-state index < -0.39 is 5.97 Å². The minimum atomic E-state index is -0.393. The van der Waals surface area contributed by atoms with Gasteiger partial charge in [0.15, 0.2) is 5.16 Å². The molecule has 1 saturated heterocycles. The molecule has 1 aliphatic heterocycles. The summed E-state index contributed by atoms with van der Waals surface area (Å²) in [7, 11) is 0.